The molecule has 0 atom stereocenters. The van der Waals surface area contributed by atoms with Crippen molar-refractivity contribution in [2.75, 3.05) is 5.73 Å². The van der Waals surface area contributed by atoms with Gasteiger partial charge in [0.15, 0.2) is 5.82 Å². The number of anilines is 1. The van der Waals surface area contributed by atoms with Crippen LogP contribution in [0.25, 0.3) is 0 Å². The van der Waals surface area contributed by atoms with Crippen molar-refractivity contribution in [2.45, 2.75) is 11.4 Å². The second-order valence-corrected chi connectivity index (χ2v) is 7.12. The van der Waals surface area contributed by atoms with Crippen LogP contribution in [0.15, 0.2) is 23.2 Å². The van der Waals surface area contributed by atoms with Crippen LogP contribution in [0.1, 0.15) is 4.88 Å². The van der Waals surface area contributed by atoms with E-state index in [0.29, 0.717) is 4.34 Å². The van der Waals surface area contributed by atoms with E-state index in [4.69, 9.17) is 17.3 Å². The standard InChI is InChI=1S/C9H11ClN4O2S2/c1-14-5-7(9(11)13-14)18(15,16)12-4-6-2-3-8(10)17-6/h2-3,5,12H,4H2,1H3,(H2,11,13). The molecule has 0 aliphatic rings. The van der Waals surface area contributed by atoms with E-state index in [0.717, 1.165) is 4.88 Å². The molecule has 0 unspecified atom stereocenters. The highest BCUT2D eigenvalue weighted by Crippen LogP contribution is 2.22. The van der Waals surface area contributed by atoms with Gasteiger partial charge in [-0.05, 0) is 12.1 Å². The number of nitrogens with one attached hydrogen (secondary N) is 1. The third kappa shape index (κ3) is 2.83. The van der Waals surface area contributed by atoms with Crippen LogP contribution in [-0.2, 0) is 23.6 Å². The van der Waals surface area contributed by atoms with Crippen LogP contribution < -0.4 is 10.5 Å². The molecule has 0 aliphatic heterocycles. The summed E-state index contributed by atoms with van der Waals surface area (Å²) < 4.78 is 28.4. The van der Waals surface area contributed by atoms with E-state index in [1.807, 2.05) is 0 Å². The first-order valence-corrected chi connectivity index (χ1v) is 7.59. The Labute approximate surface area is 113 Å². The highest BCUT2D eigenvalue weighted by atomic mass is 35.5. The Balaban J connectivity index is 2.15. The maximum absolute atomic E-state index is 12.0. The van der Waals surface area contributed by atoms with Crippen LogP contribution >= 0.6 is 22.9 Å². The fourth-order valence-corrected chi connectivity index (χ4v) is 3.61. The average Bonchev–Trinajstić information content (AvgIpc) is 2.82. The van der Waals surface area contributed by atoms with Crippen molar-refractivity contribution in [2.24, 2.45) is 7.05 Å². The number of nitrogens with two attached hydrogens (primary N) is 1. The average molecular weight is 307 g/mol. The van der Waals surface area contributed by atoms with E-state index in [1.165, 1.54) is 22.2 Å². The predicted molar refractivity (Wildman–Crippen MR) is 71.0 cm³/mol. The molecule has 0 saturated heterocycles. The zero-order valence-electron chi connectivity index (χ0n) is 9.42. The van der Waals surface area contributed by atoms with Gasteiger partial charge in [-0.25, -0.2) is 13.1 Å². The largest absolute Gasteiger partial charge is 0.381 e. The van der Waals surface area contributed by atoms with E-state index in [1.54, 1.807) is 19.2 Å². The highest BCUT2D eigenvalue weighted by Gasteiger charge is 2.20. The molecule has 0 radical (unpaired) electrons. The number of hydrogen-bond donors (Lipinski definition) is 2. The fraction of sp³-hybridized carbons (Fsp3) is 0.222. The maximum atomic E-state index is 12.0. The molecule has 0 aliphatic carbocycles. The van der Waals surface area contributed by atoms with E-state index in [-0.39, 0.29) is 17.3 Å². The van der Waals surface area contributed by atoms with Gasteiger partial charge in [-0.1, -0.05) is 11.6 Å². The van der Waals surface area contributed by atoms with Crippen LogP contribution in [0.4, 0.5) is 5.82 Å². The van der Waals surface area contributed by atoms with Crippen molar-refractivity contribution in [1.82, 2.24) is 14.5 Å². The molecule has 3 N–H and O–H groups in total. The topological polar surface area (TPSA) is 90.0 Å². The number of sulfonamides is 1. The van der Waals surface area contributed by atoms with Gasteiger partial charge < -0.3 is 5.73 Å². The molecule has 0 saturated carbocycles. The molecule has 0 aromatic carbocycles. The Morgan fingerprint density at radius 2 is 2.28 bits per heavy atom. The lowest BCUT2D eigenvalue weighted by Crippen LogP contribution is -2.23. The molecule has 0 amide bonds. The number of halogens is 1. The Hall–Kier alpha value is -1.09. The molecule has 0 fully saturated rings. The van der Waals surface area contributed by atoms with Gasteiger partial charge in [0.05, 0.1) is 4.34 Å². The number of rotatable bonds is 4. The molecule has 18 heavy (non-hydrogen) atoms. The quantitative estimate of drug-likeness (QED) is 0.888. The Bertz CT molecular complexity index is 662. The fourth-order valence-electron chi connectivity index (χ4n) is 1.38. The van der Waals surface area contributed by atoms with Crippen molar-refractivity contribution in [3.05, 3.63) is 27.5 Å². The van der Waals surface area contributed by atoms with Crippen LogP contribution in [-0.4, -0.2) is 18.2 Å². The minimum atomic E-state index is -3.65. The van der Waals surface area contributed by atoms with Crippen molar-refractivity contribution in [3.63, 3.8) is 0 Å². The lowest BCUT2D eigenvalue weighted by atomic mass is 10.5. The number of nitrogen functional groups attached to an aromatic ring is 1. The van der Waals surface area contributed by atoms with E-state index >= 15 is 0 Å². The third-order valence-electron chi connectivity index (χ3n) is 2.18. The molecule has 0 bridgehead atoms. The van der Waals surface area contributed by atoms with Crippen LogP contribution in [0.2, 0.25) is 4.34 Å². The van der Waals surface area contributed by atoms with Crippen molar-refractivity contribution >= 4 is 38.8 Å². The lowest BCUT2D eigenvalue weighted by Gasteiger charge is -2.03. The smallest absolute Gasteiger partial charge is 0.246 e. The van der Waals surface area contributed by atoms with E-state index < -0.39 is 10.0 Å². The van der Waals surface area contributed by atoms with Gasteiger partial charge in [-0.15, -0.1) is 11.3 Å². The van der Waals surface area contributed by atoms with Crippen molar-refractivity contribution < 1.29 is 8.42 Å². The minimum Gasteiger partial charge on any atom is -0.381 e. The van der Waals surface area contributed by atoms with E-state index in [2.05, 4.69) is 9.82 Å². The summed E-state index contributed by atoms with van der Waals surface area (Å²) in [5.74, 6) is -0.0192. The monoisotopic (exact) mass is 306 g/mol. The van der Waals surface area contributed by atoms with Crippen molar-refractivity contribution in [3.8, 4) is 0 Å². The number of aryl methyl sites for hydroxylation is 1. The van der Waals surface area contributed by atoms with Gasteiger partial charge in [-0.3, -0.25) is 4.68 Å². The summed E-state index contributed by atoms with van der Waals surface area (Å²) in [5.41, 5.74) is 5.53. The molecular weight excluding hydrogens is 296 g/mol. The highest BCUT2D eigenvalue weighted by molar-refractivity contribution is 7.89. The maximum Gasteiger partial charge on any atom is 0.246 e. The predicted octanol–water partition coefficient (Wildman–Crippen LogP) is 1.20. The normalized spacial score (nSPS) is 11.9. The number of nitrogens with zero attached hydrogens (tertiary/aromatic N) is 2. The Morgan fingerprint density at radius 3 is 2.78 bits per heavy atom. The van der Waals surface area contributed by atoms with Gasteiger partial charge >= 0.3 is 0 Å². The first kappa shape index (κ1) is 13.3. The molecule has 2 aromatic heterocycles. The molecule has 2 rings (SSSR count). The molecule has 2 aromatic rings. The molecule has 98 valence electrons. The number of hydrogen-bond acceptors (Lipinski definition) is 5. The number of thiophene rings is 1. The summed E-state index contributed by atoms with van der Waals surface area (Å²) >= 11 is 7.08. The Kier molecular flexibility index (Phi) is 3.62. The SMILES string of the molecule is Cn1cc(S(=O)(=O)NCc2ccc(Cl)s2)c(N)n1. The van der Waals surface area contributed by atoms with Crippen LogP contribution in [0.3, 0.4) is 0 Å². The van der Waals surface area contributed by atoms with Crippen LogP contribution in [0, 0.1) is 0 Å². The second kappa shape index (κ2) is 4.88. The lowest BCUT2D eigenvalue weighted by molar-refractivity contribution is 0.582. The van der Waals surface area contributed by atoms with Crippen molar-refractivity contribution in [1.29, 1.82) is 0 Å². The summed E-state index contributed by atoms with van der Waals surface area (Å²) in [6.45, 7) is 0.175. The minimum absolute atomic E-state index is 0.0192. The molecular formula is C9H11ClN4O2S2. The summed E-state index contributed by atoms with van der Waals surface area (Å²) in [6.07, 6.45) is 1.36. The second-order valence-electron chi connectivity index (χ2n) is 3.58. The summed E-state index contributed by atoms with van der Waals surface area (Å²) in [7, 11) is -2.05. The summed E-state index contributed by atoms with van der Waals surface area (Å²) in [5, 5.41) is 3.79. The van der Waals surface area contributed by atoms with Gasteiger partial charge in [0.25, 0.3) is 0 Å². The zero-order chi connectivity index (χ0) is 13.3. The molecule has 2 heterocycles. The molecule has 0 spiro atoms. The van der Waals surface area contributed by atoms with Gasteiger partial charge in [0, 0.05) is 24.7 Å². The first-order valence-electron chi connectivity index (χ1n) is 4.91. The Morgan fingerprint density at radius 1 is 1.56 bits per heavy atom. The van der Waals surface area contributed by atoms with Gasteiger partial charge in [0.2, 0.25) is 10.0 Å². The van der Waals surface area contributed by atoms with Crippen LogP contribution in [0.5, 0.6) is 0 Å². The third-order valence-corrected chi connectivity index (χ3v) is 4.83. The van der Waals surface area contributed by atoms with Gasteiger partial charge in [-0.2, -0.15) is 5.10 Å². The molecule has 9 heteroatoms. The van der Waals surface area contributed by atoms with Gasteiger partial charge in [0.1, 0.15) is 4.90 Å². The summed E-state index contributed by atoms with van der Waals surface area (Å²) in [4.78, 5) is 0.804. The molecule has 6 nitrogen and oxygen atoms in total. The number of aromatic nitrogens is 2. The summed E-state index contributed by atoms with van der Waals surface area (Å²) in [6, 6.07) is 3.48. The zero-order valence-corrected chi connectivity index (χ0v) is 11.8. The van der Waals surface area contributed by atoms with E-state index in [9.17, 15) is 8.42 Å². The first-order chi connectivity index (χ1) is 8.38.